The van der Waals surface area contributed by atoms with Gasteiger partial charge >= 0.3 is 5.97 Å². The predicted octanol–water partition coefficient (Wildman–Crippen LogP) is -2.52. The summed E-state index contributed by atoms with van der Waals surface area (Å²) in [5, 5.41) is 16.7. The van der Waals surface area contributed by atoms with Crippen molar-refractivity contribution in [3.05, 3.63) is 0 Å². The Hall–Kier alpha value is -3.42. The fraction of sp³-hybridized carbons (Fsp3) is 0.714. The number of primary amides is 1. The third kappa shape index (κ3) is 13.2. The van der Waals surface area contributed by atoms with Gasteiger partial charge in [-0.2, -0.15) is 0 Å². The summed E-state index contributed by atoms with van der Waals surface area (Å²) in [5.41, 5.74) is 21.6. The van der Waals surface area contributed by atoms with Crippen LogP contribution in [0.25, 0.3) is 0 Å². The molecule has 0 rings (SSSR count). The van der Waals surface area contributed by atoms with Crippen molar-refractivity contribution < 1.29 is 29.1 Å². The molecule has 14 nitrogen and oxygen atoms in total. The van der Waals surface area contributed by atoms with E-state index in [4.69, 9.17) is 22.9 Å². The molecular formula is C21H40N8O6. The number of aliphatic imine (C=N–C) groups is 1. The lowest BCUT2D eigenvalue weighted by molar-refractivity contribution is -0.143. The van der Waals surface area contributed by atoms with Crippen LogP contribution >= 0.6 is 0 Å². The average Bonchev–Trinajstić information content (AvgIpc) is 2.72. The van der Waals surface area contributed by atoms with E-state index in [1.54, 1.807) is 27.7 Å². The van der Waals surface area contributed by atoms with Crippen LogP contribution in [0.4, 0.5) is 0 Å². The first-order valence-electron chi connectivity index (χ1n) is 11.4. The van der Waals surface area contributed by atoms with E-state index in [9.17, 15) is 29.1 Å². The summed E-state index contributed by atoms with van der Waals surface area (Å²) in [4.78, 5) is 65.0. The molecule has 0 aromatic rings. The van der Waals surface area contributed by atoms with Crippen LogP contribution in [-0.4, -0.2) is 71.4 Å². The second-order valence-electron chi connectivity index (χ2n) is 9.04. The van der Waals surface area contributed by atoms with Crippen molar-refractivity contribution in [1.82, 2.24) is 16.0 Å². The molecule has 0 saturated carbocycles. The molecule has 0 radical (unpaired) electrons. The number of carbonyl (C=O) groups excluding carboxylic acids is 4. The van der Waals surface area contributed by atoms with Gasteiger partial charge in [0.25, 0.3) is 0 Å². The molecular weight excluding hydrogens is 460 g/mol. The highest BCUT2D eigenvalue weighted by molar-refractivity contribution is 5.96. The summed E-state index contributed by atoms with van der Waals surface area (Å²) in [7, 11) is 0. The Morgan fingerprint density at radius 1 is 0.829 bits per heavy atom. The first-order chi connectivity index (χ1) is 16.1. The minimum absolute atomic E-state index is 0.0216. The molecule has 0 spiro atoms. The Bertz CT molecular complexity index is 782. The fourth-order valence-corrected chi connectivity index (χ4v) is 2.99. The number of hydrogen-bond acceptors (Lipinski definition) is 7. The zero-order chi connectivity index (χ0) is 27.3. The molecule has 4 amide bonds. The number of nitrogens with zero attached hydrogens (tertiary/aromatic N) is 1. The molecule has 0 fully saturated rings. The van der Waals surface area contributed by atoms with Gasteiger partial charge in [0.15, 0.2) is 5.96 Å². The molecule has 4 unspecified atom stereocenters. The third-order valence-electron chi connectivity index (χ3n) is 4.96. The van der Waals surface area contributed by atoms with E-state index >= 15 is 0 Å². The van der Waals surface area contributed by atoms with Gasteiger partial charge in [0.2, 0.25) is 23.6 Å². The van der Waals surface area contributed by atoms with Crippen LogP contribution in [0.1, 0.15) is 53.4 Å². The number of nitrogens with two attached hydrogens (primary N) is 4. The molecule has 12 N–H and O–H groups in total. The number of hydrogen-bond donors (Lipinski definition) is 8. The molecule has 0 aromatic carbocycles. The Morgan fingerprint density at radius 2 is 1.34 bits per heavy atom. The quantitative estimate of drug-likeness (QED) is 0.0631. The van der Waals surface area contributed by atoms with Gasteiger partial charge in [0.1, 0.15) is 18.1 Å². The second kappa shape index (κ2) is 15.5. The first kappa shape index (κ1) is 31.6. The summed E-state index contributed by atoms with van der Waals surface area (Å²) in [5.74, 6) is -4.77. The maximum atomic E-state index is 12.9. The van der Waals surface area contributed by atoms with E-state index in [1.165, 1.54) is 0 Å². The lowest BCUT2D eigenvalue weighted by Gasteiger charge is -2.25. The molecule has 0 aliphatic carbocycles. The topological polar surface area (TPSA) is 258 Å². The van der Waals surface area contributed by atoms with Crippen LogP contribution in [0.2, 0.25) is 0 Å². The SMILES string of the molecule is CC(C)CC(NC(=O)C(CCCN=C(N)N)NC(=O)C(CC(N)=O)NC(=O)C(N)C(C)C)C(=O)O. The minimum atomic E-state index is -1.39. The van der Waals surface area contributed by atoms with Crippen molar-refractivity contribution in [3.8, 4) is 0 Å². The molecule has 0 heterocycles. The Labute approximate surface area is 205 Å². The predicted molar refractivity (Wildman–Crippen MR) is 129 cm³/mol. The normalized spacial score (nSPS) is 14.4. The highest BCUT2D eigenvalue weighted by Crippen LogP contribution is 2.08. The van der Waals surface area contributed by atoms with Gasteiger partial charge in [-0.05, 0) is 31.1 Å². The molecule has 0 aliphatic heterocycles. The van der Waals surface area contributed by atoms with Gasteiger partial charge in [-0.15, -0.1) is 0 Å². The molecule has 4 atom stereocenters. The molecule has 35 heavy (non-hydrogen) atoms. The van der Waals surface area contributed by atoms with Crippen LogP contribution in [0.15, 0.2) is 4.99 Å². The zero-order valence-electron chi connectivity index (χ0n) is 20.7. The van der Waals surface area contributed by atoms with Crippen LogP contribution in [0, 0.1) is 11.8 Å². The molecule has 0 aliphatic rings. The van der Waals surface area contributed by atoms with Crippen LogP contribution in [-0.2, 0) is 24.0 Å². The van der Waals surface area contributed by atoms with E-state index in [0.717, 1.165) is 0 Å². The Balaban J connectivity index is 5.67. The Kier molecular flexibility index (Phi) is 14.0. The smallest absolute Gasteiger partial charge is 0.326 e. The number of guanidine groups is 1. The summed E-state index contributed by atoms with van der Waals surface area (Å²) >= 11 is 0. The lowest BCUT2D eigenvalue weighted by Crippen LogP contribution is -2.58. The second-order valence-corrected chi connectivity index (χ2v) is 9.04. The molecule has 200 valence electrons. The zero-order valence-corrected chi connectivity index (χ0v) is 20.7. The van der Waals surface area contributed by atoms with Crippen LogP contribution < -0.4 is 38.9 Å². The van der Waals surface area contributed by atoms with Crippen LogP contribution in [0.5, 0.6) is 0 Å². The highest BCUT2D eigenvalue weighted by Gasteiger charge is 2.31. The largest absolute Gasteiger partial charge is 0.480 e. The number of carboxylic acid groups (broad SMARTS) is 1. The van der Waals surface area contributed by atoms with Gasteiger partial charge in [-0.25, -0.2) is 4.79 Å². The first-order valence-corrected chi connectivity index (χ1v) is 11.4. The minimum Gasteiger partial charge on any atom is -0.480 e. The van der Waals surface area contributed by atoms with Gasteiger partial charge in [-0.3, -0.25) is 24.2 Å². The molecule has 0 bridgehead atoms. The van der Waals surface area contributed by atoms with Crippen molar-refractivity contribution in [3.63, 3.8) is 0 Å². The lowest BCUT2D eigenvalue weighted by atomic mass is 10.0. The number of aliphatic carboxylic acids is 1. The van der Waals surface area contributed by atoms with Crippen LogP contribution in [0.3, 0.4) is 0 Å². The summed E-state index contributed by atoms with van der Waals surface area (Å²) in [6.07, 6.45) is -0.0482. The molecule has 14 heteroatoms. The molecule has 0 aromatic heterocycles. The van der Waals surface area contributed by atoms with Crippen molar-refractivity contribution in [1.29, 1.82) is 0 Å². The number of nitrogens with one attached hydrogen (secondary N) is 3. The van der Waals surface area contributed by atoms with E-state index in [2.05, 4.69) is 20.9 Å². The monoisotopic (exact) mass is 500 g/mol. The van der Waals surface area contributed by atoms with Crippen molar-refractivity contribution in [2.45, 2.75) is 77.5 Å². The van der Waals surface area contributed by atoms with E-state index in [1.807, 2.05) is 0 Å². The van der Waals surface area contributed by atoms with E-state index < -0.39 is 60.2 Å². The maximum absolute atomic E-state index is 12.9. The number of amides is 4. The molecule has 0 saturated heterocycles. The summed E-state index contributed by atoms with van der Waals surface area (Å²) < 4.78 is 0. The van der Waals surface area contributed by atoms with Gasteiger partial charge < -0.3 is 44.0 Å². The maximum Gasteiger partial charge on any atom is 0.326 e. The number of carbonyl (C=O) groups is 5. The van der Waals surface area contributed by atoms with Crippen molar-refractivity contribution in [2.75, 3.05) is 6.54 Å². The van der Waals surface area contributed by atoms with E-state index in [-0.39, 0.29) is 43.6 Å². The van der Waals surface area contributed by atoms with Crippen molar-refractivity contribution >= 4 is 35.6 Å². The van der Waals surface area contributed by atoms with Gasteiger partial charge in [0, 0.05) is 6.54 Å². The number of rotatable bonds is 16. The highest BCUT2D eigenvalue weighted by atomic mass is 16.4. The third-order valence-corrected chi connectivity index (χ3v) is 4.96. The van der Waals surface area contributed by atoms with Gasteiger partial charge in [0.05, 0.1) is 12.5 Å². The standard InChI is InChI=1S/C21H40N8O6/c1-10(2)8-14(20(34)35)29-17(31)12(6-5-7-26-21(24)25)27-18(32)13(9-15(22)30)28-19(33)16(23)11(3)4/h10-14,16H,5-9,23H2,1-4H3,(H2,22,30)(H,27,32)(H,28,33)(H,29,31)(H,34,35)(H4,24,25,26). The average molecular weight is 501 g/mol. The number of carboxylic acids is 1. The van der Waals surface area contributed by atoms with E-state index in [0.29, 0.717) is 0 Å². The summed E-state index contributed by atoms with van der Waals surface area (Å²) in [6, 6.07) is -4.70. The van der Waals surface area contributed by atoms with Crippen molar-refractivity contribution in [2.24, 2.45) is 39.8 Å². The summed E-state index contributed by atoms with van der Waals surface area (Å²) in [6.45, 7) is 7.17. The fourth-order valence-electron chi connectivity index (χ4n) is 2.99. The van der Waals surface area contributed by atoms with Gasteiger partial charge in [-0.1, -0.05) is 27.7 Å². The Morgan fingerprint density at radius 3 is 1.80 bits per heavy atom.